The first-order valence-corrected chi connectivity index (χ1v) is 44.9. The zero-order valence-electron chi connectivity index (χ0n) is 65.7. The number of carbonyl (C=O) groups is 4. The number of hydrogen-bond acceptors (Lipinski definition) is 15. The zero-order valence-corrected chi connectivity index (χ0v) is 67.5. The first-order valence-electron chi connectivity index (χ1n) is 41.9. The van der Waals surface area contributed by atoms with E-state index < -0.39 is 97.5 Å². The molecule has 19 heteroatoms. The van der Waals surface area contributed by atoms with Gasteiger partial charge in [-0.25, -0.2) is 9.13 Å². The summed E-state index contributed by atoms with van der Waals surface area (Å²) in [5.41, 5.74) is 0. The summed E-state index contributed by atoms with van der Waals surface area (Å²) >= 11 is 0. The molecule has 3 N–H and O–H groups in total. The largest absolute Gasteiger partial charge is 0.472 e. The number of carbonyl (C=O) groups excluding carboxylic acids is 4. The van der Waals surface area contributed by atoms with Crippen LogP contribution in [-0.2, 0) is 65.4 Å². The fraction of sp³-hybridized carbons (Fsp3) is 0.951. The molecule has 7 atom stereocenters. The smallest absolute Gasteiger partial charge is 0.462 e. The molecular formula is C81H158O17P2. The SMILES string of the molecule is CCCCCCCCCCCCCCCCCCCCC(=O)OC[C@H](COP(=O)(O)OC[C@@H](O)COP(=O)(O)OC[C@@H](COC(=O)CCCCCCCCC(C)CC)OC(=O)CCCCCCCCCC(C)C)OC(=O)CCCCCCCCCCCCCCCCCCCCC(C)CC. The molecule has 4 unspecified atom stereocenters. The molecule has 0 aromatic rings. The third-order valence-electron chi connectivity index (χ3n) is 19.6. The number of unbranched alkanes of at least 4 members (excludes halogenated alkanes) is 45. The fourth-order valence-electron chi connectivity index (χ4n) is 12.4. The molecule has 0 saturated heterocycles. The van der Waals surface area contributed by atoms with Gasteiger partial charge in [-0.15, -0.1) is 0 Å². The van der Waals surface area contributed by atoms with Gasteiger partial charge in [0.15, 0.2) is 12.2 Å². The van der Waals surface area contributed by atoms with Crippen LogP contribution < -0.4 is 0 Å². The molecule has 0 saturated carbocycles. The van der Waals surface area contributed by atoms with Crippen LogP contribution in [-0.4, -0.2) is 96.7 Å². The molecule has 0 aromatic carbocycles. The minimum Gasteiger partial charge on any atom is -0.462 e. The highest BCUT2D eigenvalue weighted by Gasteiger charge is 2.30. The van der Waals surface area contributed by atoms with Gasteiger partial charge in [-0.2, -0.15) is 0 Å². The van der Waals surface area contributed by atoms with E-state index in [9.17, 15) is 43.2 Å². The molecule has 0 aromatic heterocycles. The summed E-state index contributed by atoms with van der Waals surface area (Å²) < 4.78 is 68.6. The monoisotopic (exact) mass is 1470 g/mol. The van der Waals surface area contributed by atoms with E-state index in [-0.39, 0.29) is 25.7 Å². The van der Waals surface area contributed by atoms with Gasteiger partial charge in [-0.3, -0.25) is 37.3 Å². The average Bonchev–Trinajstić information content (AvgIpc) is 1.57. The lowest BCUT2D eigenvalue weighted by Gasteiger charge is -2.21. The van der Waals surface area contributed by atoms with E-state index in [0.29, 0.717) is 31.6 Å². The first kappa shape index (κ1) is 98.1. The van der Waals surface area contributed by atoms with Gasteiger partial charge >= 0.3 is 39.5 Å². The van der Waals surface area contributed by atoms with Crippen LogP contribution in [0.25, 0.3) is 0 Å². The molecular weight excluding hydrogens is 1310 g/mol. The van der Waals surface area contributed by atoms with Crippen LogP contribution in [0.2, 0.25) is 0 Å². The van der Waals surface area contributed by atoms with E-state index in [4.69, 9.17) is 37.0 Å². The standard InChI is InChI=1S/C81H158O17P2/c1-8-11-12-13-14-15-16-17-18-19-23-26-29-32-35-40-48-55-62-78(83)91-68-76(97-80(85)64-57-50-41-36-33-30-27-24-21-20-22-25-28-31-34-39-46-53-60-73(6)9-2)70-95-99(87,88)93-66-75(82)67-94-100(89,90)96-71-77(98-81(86)65-58-51-42-37-38-45-52-59-72(4)5)69-92-79(84)63-56-49-44-43-47-54-61-74(7)10-3/h72-77,82H,8-71H2,1-7H3,(H,87,88)(H,89,90)/t73?,74?,75-,76-,77-/m1/s1. The van der Waals surface area contributed by atoms with Crippen LogP contribution >= 0.6 is 15.6 Å². The van der Waals surface area contributed by atoms with Crippen LogP contribution in [0.1, 0.15) is 421 Å². The predicted octanol–water partition coefficient (Wildman–Crippen LogP) is 24.1. The topological polar surface area (TPSA) is 237 Å². The Bertz CT molecular complexity index is 1940. The number of rotatable bonds is 79. The van der Waals surface area contributed by atoms with Crippen molar-refractivity contribution in [1.82, 2.24) is 0 Å². The highest BCUT2D eigenvalue weighted by molar-refractivity contribution is 7.47. The average molecular weight is 1470 g/mol. The molecule has 17 nitrogen and oxygen atoms in total. The summed E-state index contributed by atoms with van der Waals surface area (Å²) in [5.74, 6) is 0.181. The maximum Gasteiger partial charge on any atom is 0.472 e. The van der Waals surface area contributed by atoms with Gasteiger partial charge in [-0.1, -0.05) is 370 Å². The summed E-state index contributed by atoms with van der Waals surface area (Å²) in [4.78, 5) is 72.9. The Morgan fingerprint density at radius 3 is 0.760 bits per heavy atom. The molecule has 0 aliphatic rings. The fourth-order valence-corrected chi connectivity index (χ4v) is 14.0. The van der Waals surface area contributed by atoms with Gasteiger partial charge in [0.25, 0.3) is 0 Å². The molecule has 0 aliphatic carbocycles. The molecule has 594 valence electrons. The highest BCUT2D eigenvalue weighted by Crippen LogP contribution is 2.45. The number of hydrogen-bond donors (Lipinski definition) is 3. The quantitative estimate of drug-likeness (QED) is 0.0222. The maximum atomic E-state index is 13.1. The van der Waals surface area contributed by atoms with E-state index in [0.717, 1.165) is 108 Å². The second-order valence-electron chi connectivity index (χ2n) is 30.1. The molecule has 0 aliphatic heterocycles. The lowest BCUT2D eigenvalue weighted by Crippen LogP contribution is -2.30. The molecule has 100 heavy (non-hydrogen) atoms. The first-order chi connectivity index (χ1) is 48.3. The third-order valence-corrected chi connectivity index (χ3v) is 21.5. The molecule has 0 heterocycles. The van der Waals surface area contributed by atoms with Crippen LogP contribution in [0, 0.1) is 17.8 Å². The van der Waals surface area contributed by atoms with Crippen molar-refractivity contribution in [2.24, 2.45) is 17.8 Å². The molecule has 0 spiro atoms. The van der Waals surface area contributed by atoms with Crippen LogP contribution in [0.4, 0.5) is 0 Å². The van der Waals surface area contributed by atoms with Crippen molar-refractivity contribution in [3.05, 3.63) is 0 Å². The zero-order chi connectivity index (χ0) is 73.7. The summed E-state index contributed by atoms with van der Waals surface area (Å²) in [6, 6.07) is 0. The van der Waals surface area contributed by atoms with Gasteiger partial charge in [0.1, 0.15) is 19.3 Å². The van der Waals surface area contributed by atoms with E-state index in [2.05, 4.69) is 48.5 Å². The van der Waals surface area contributed by atoms with Gasteiger partial charge < -0.3 is 33.8 Å². The molecule has 0 fully saturated rings. The van der Waals surface area contributed by atoms with Crippen molar-refractivity contribution >= 4 is 39.5 Å². The van der Waals surface area contributed by atoms with E-state index in [1.807, 2.05) is 0 Å². The Balaban J connectivity index is 5.19. The van der Waals surface area contributed by atoms with Crippen molar-refractivity contribution in [3.63, 3.8) is 0 Å². The van der Waals surface area contributed by atoms with Crippen molar-refractivity contribution in [2.45, 2.75) is 439 Å². The Morgan fingerprint density at radius 2 is 0.510 bits per heavy atom. The van der Waals surface area contributed by atoms with Gasteiger partial charge in [0.2, 0.25) is 0 Å². The van der Waals surface area contributed by atoms with Crippen molar-refractivity contribution in [3.8, 4) is 0 Å². The van der Waals surface area contributed by atoms with Crippen molar-refractivity contribution < 1.29 is 80.2 Å². The lowest BCUT2D eigenvalue weighted by molar-refractivity contribution is -0.161. The highest BCUT2D eigenvalue weighted by atomic mass is 31.2. The second-order valence-corrected chi connectivity index (χ2v) is 33.0. The third kappa shape index (κ3) is 71.7. The van der Waals surface area contributed by atoms with Crippen molar-refractivity contribution in [1.29, 1.82) is 0 Å². The predicted molar refractivity (Wildman–Crippen MR) is 409 cm³/mol. The second kappa shape index (κ2) is 71.3. The van der Waals surface area contributed by atoms with Crippen LogP contribution in [0.3, 0.4) is 0 Å². The summed E-state index contributed by atoms with van der Waals surface area (Å²) in [6.45, 7) is 11.9. The van der Waals surface area contributed by atoms with Crippen LogP contribution in [0.5, 0.6) is 0 Å². The summed E-state index contributed by atoms with van der Waals surface area (Å²) in [5, 5.41) is 10.6. The Kier molecular flexibility index (Phi) is 69.9. The Morgan fingerprint density at radius 1 is 0.290 bits per heavy atom. The molecule has 0 rings (SSSR count). The number of aliphatic hydroxyl groups excluding tert-OH is 1. The Hall–Kier alpha value is -1.94. The molecule has 0 radical (unpaired) electrons. The lowest BCUT2D eigenvalue weighted by atomic mass is 9.99. The van der Waals surface area contributed by atoms with Gasteiger partial charge in [0.05, 0.1) is 26.4 Å². The number of ether oxygens (including phenoxy) is 4. The van der Waals surface area contributed by atoms with Gasteiger partial charge in [-0.05, 0) is 43.4 Å². The normalized spacial score (nSPS) is 14.5. The maximum absolute atomic E-state index is 13.1. The number of phosphoric acid groups is 2. The van der Waals surface area contributed by atoms with Crippen molar-refractivity contribution in [2.75, 3.05) is 39.6 Å². The van der Waals surface area contributed by atoms with E-state index in [1.165, 1.54) is 225 Å². The minimum atomic E-state index is -4.96. The molecule has 0 amide bonds. The summed E-state index contributed by atoms with van der Waals surface area (Å²) in [6.07, 6.45) is 60.0. The summed E-state index contributed by atoms with van der Waals surface area (Å²) in [7, 11) is -9.92. The van der Waals surface area contributed by atoms with E-state index >= 15 is 0 Å². The van der Waals surface area contributed by atoms with E-state index in [1.54, 1.807) is 0 Å². The number of phosphoric ester groups is 2. The van der Waals surface area contributed by atoms with Gasteiger partial charge in [0, 0.05) is 25.7 Å². The Labute approximate surface area is 613 Å². The molecule has 0 bridgehead atoms. The van der Waals surface area contributed by atoms with Crippen LogP contribution in [0.15, 0.2) is 0 Å². The minimum absolute atomic E-state index is 0.103. The number of esters is 4. The number of aliphatic hydroxyl groups is 1.